The van der Waals surface area contributed by atoms with Gasteiger partial charge in [-0.2, -0.15) is 0 Å². The van der Waals surface area contributed by atoms with Crippen molar-refractivity contribution in [2.75, 3.05) is 0 Å². The van der Waals surface area contributed by atoms with Gasteiger partial charge in [-0.1, -0.05) is 86.6 Å². The number of aromatic amines is 1. The molecule has 3 aromatic rings. The van der Waals surface area contributed by atoms with E-state index in [1.807, 2.05) is 0 Å². The van der Waals surface area contributed by atoms with Gasteiger partial charge >= 0.3 is 0 Å². The summed E-state index contributed by atoms with van der Waals surface area (Å²) in [7, 11) is 0. The quantitative estimate of drug-likeness (QED) is 0.442. The van der Waals surface area contributed by atoms with Crippen LogP contribution in [0, 0.1) is 5.92 Å². The van der Waals surface area contributed by atoms with Crippen LogP contribution in [0.4, 0.5) is 5.69 Å². The highest BCUT2D eigenvalue weighted by molar-refractivity contribution is 5.95. The van der Waals surface area contributed by atoms with E-state index in [0.29, 0.717) is 17.8 Å². The Morgan fingerprint density at radius 1 is 0.806 bits per heavy atom. The zero-order valence-electron chi connectivity index (χ0n) is 20.9. The first kappa shape index (κ1) is 23.3. The first-order chi connectivity index (χ1) is 14.5. The first-order valence-corrected chi connectivity index (χ1v) is 11.8. The fourth-order valence-electron chi connectivity index (χ4n) is 3.84. The minimum absolute atomic E-state index is 0.213. The summed E-state index contributed by atoms with van der Waals surface area (Å²) < 4.78 is 0. The molecule has 0 spiro atoms. The monoisotopic (exact) mass is 416 g/mol. The number of nitrogens with zero attached hydrogens (tertiary/aromatic N) is 1. The summed E-state index contributed by atoms with van der Waals surface area (Å²) in [5.74, 6) is 1.73. The Hall–Kier alpha value is -2.35. The predicted molar refractivity (Wildman–Crippen MR) is 137 cm³/mol. The van der Waals surface area contributed by atoms with E-state index in [1.165, 1.54) is 44.7 Å². The predicted octanol–water partition coefficient (Wildman–Crippen LogP) is 8.68. The van der Waals surface area contributed by atoms with E-state index >= 15 is 0 Å². The summed E-state index contributed by atoms with van der Waals surface area (Å²) in [6.07, 6.45) is 1.04. The highest BCUT2D eigenvalue weighted by atomic mass is 14.8. The van der Waals surface area contributed by atoms with Crippen molar-refractivity contribution >= 4 is 22.3 Å². The standard InChI is InChI=1S/C15H21N.C14H19N/c1-10(2)13-8-11-6-7-12(15(3,4)5)9-14(11)16-13;1-9(2)11-5-6-12-8-13(10(3)4)15-14(12)7-11/h6-7,9-10H,8H2,1-5H3;5-10,15H,1-4H3. The minimum Gasteiger partial charge on any atom is -0.358 e. The molecule has 31 heavy (non-hydrogen) atoms. The molecule has 0 saturated carbocycles. The lowest BCUT2D eigenvalue weighted by atomic mass is 9.86. The lowest BCUT2D eigenvalue weighted by molar-refractivity contribution is 0.590. The topological polar surface area (TPSA) is 28.1 Å². The van der Waals surface area contributed by atoms with Crippen molar-refractivity contribution < 1.29 is 0 Å². The average molecular weight is 417 g/mol. The van der Waals surface area contributed by atoms with Gasteiger partial charge in [0.05, 0.1) is 5.69 Å². The molecule has 1 aromatic heterocycles. The first-order valence-electron chi connectivity index (χ1n) is 11.8. The molecule has 0 radical (unpaired) electrons. The molecule has 2 nitrogen and oxygen atoms in total. The summed E-state index contributed by atoms with van der Waals surface area (Å²) in [6, 6.07) is 15.7. The molecule has 4 rings (SSSR count). The Balaban J connectivity index is 0.000000176. The van der Waals surface area contributed by atoms with Crippen LogP contribution in [-0.4, -0.2) is 10.7 Å². The Labute approximate surface area is 189 Å². The fraction of sp³-hybridized carbons (Fsp3) is 0.483. The maximum atomic E-state index is 4.74. The highest BCUT2D eigenvalue weighted by Crippen LogP contribution is 2.33. The molecule has 1 aliphatic rings. The molecule has 2 aromatic carbocycles. The van der Waals surface area contributed by atoms with Crippen molar-refractivity contribution in [3.8, 4) is 0 Å². The van der Waals surface area contributed by atoms with Gasteiger partial charge in [-0.05, 0) is 63.4 Å². The Bertz CT molecular complexity index is 1070. The largest absolute Gasteiger partial charge is 0.358 e. The minimum atomic E-state index is 0.213. The van der Waals surface area contributed by atoms with Crippen LogP contribution in [0.3, 0.4) is 0 Å². The number of aromatic nitrogens is 1. The Morgan fingerprint density at radius 3 is 2.10 bits per heavy atom. The molecular formula is C29H40N2. The Kier molecular flexibility index (Phi) is 6.79. The second kappa shape index (κ2) is 9.02. The van der Waals surface area contributed by atoms with Crippen LogP contribution < -0.4 is 0 Å². The SMILES string of the molecule is CC(C)C1=Nc2cc(C(C)(C)C)ccc2C1.CC(C)c1ccc2cc(C(C)C)[nH]c2c1. The third-order valence-electron chi connectivity index (χ3n) is 6.21. The molecule has 166 valence electrons. The van der Waals surface area contributed by atoms with Crippen LogP contribution in [0.1, 0.15) is 96.5 Å². The number of hydrogen-bond donors (Lipinski definition) is 1. The van der Waals surface area contributed by atoms with Crippen molar-refractivity contribution in [2.45, 2.75) is 86.0 Å². The van der Waals surface area contributed by atoms with Gasteiger partial charge < -0.3 is 4.98 Å². The van der Waals surface area contributed by atoms with Crippen molar-refractivity contribution in [3.05, 3.63) is 64.8 Å². The molecule has 0 bridgehead atoms. The molecule has 0 saturated heterocycles. The summed E-state index contributed by atoms with van der Waals surface area (Å²) in [4.78, 5) is 8.23. The zero-order chi connectivity index (χ0) is 22.9. The maximum Gasteiger partial charge on any atom is 0.0668 e. The normalized spacial score (nSPS) is 13.6. The molecule has 2 heteroatoms. The molecule has 0 unspecified atom stereocenters. The number of rotatable bonds is 3. The van der Waals surface area contributed by atoms with Crippen LogP contribution in [0.2, 0.25) is 0 Å². The molecular weight excluding hydrogens is 376 g/mol. The maximum absolute atomic E-state index is 4.74. The third kappa shape index (κ3) is 5.47. The molecule has 0 aliphatic carbocycles. The zero-order valence-corrected chi connectivity index (χ0v) is 20.9. The summed E-state index contributed by atoms with van der Waals surface area (Å²) >= 11 is 0. The number of H-pyrrole nitrogens is 1. The van der Waals surface area contributed by atoms with Crippen LogP contribution in [-0.2, 0) is 11.8 Å². The molecule has 2 heterocycles. The molecule has 0 atom stereocenters. The fourth-order valence-corrected chi connectivity index (χ4v) is 3.84. The molecule has 1 aliphatic heterocycles. The van der Waals surface area contributed by atoms with Crippen molar-refractivity contribution in [2.24, 2.45) is 10.9 Å². The van der Waals surface area contributed by atoms with E-state index in [4.69, 9.17) is 4.99 Å². The average Bonchev–Trinajstić information content (AvgIpc) is 3.30. The van der Waals surface area contributed by atoms with Crippen LogP contribution in [0.25, 0.3) is 10.9 Å². The molecule has 1 N–H and O–H groups in total. The number of aliphatic imine (C=N–C) groups is 1. The van der Waals surface area contributed by atoms with Crippen LogP contribution >= 0.6 is 0 Å². The van der Waals surface area contributed by atoms with Gasteiger partial charge in [-0.25, -0.2) is 0 Å². The van der Waals surface area contributed by atoms with Crippen molar-refractivity contribution in [1.29, 1.82) is 0 Å². The second-order valence-corrected chi connectivity index (χ2v) is 10.9. The smallest absolute Gasteiger partial charge is 0.0668 e. The summed E-state index contributed by atoms with van der Waals surface area (Å²) in [5.41, 5.74) is 9.48. The van der Waals surface area contributed by atoms with E-state index in [2.05, 4.69) is 110 Å². The second-order valence-electron chi connectivity index (χ2n) is 10.9. The van der Waals surface area contributed by atoms with Gasteiger partial charge in [-0.3, -0.25) is 4.99 Å². The van der Waals surface area contributed by atoms with Crippen LogP contribution in [0.5, 0.6) is 0 Å². The molecule has 0 amide bonds. The van der Waals surface area contributed by atoms with Gasteiger partial charge in [-0.15, -0.1) is 0 Å². The lowest BCUT2D eigenvalue weighted by Crippen LogP contribution is -2.10. The van der Waals surface area contributed by atoms with Crippen molar-refractivity contribution in [1.82, 2.24) is 4.98 Å². The number of fused-ring (bicyclic) bond motifs is 2. The van der Waals surface area contributed by atoms with E-state index in [1.54, 1.807) is 0 Å². The van der Waals surface area contributed by atoms with E-state index < -0.39 is 0 Å². The van der Waals surface area contributed by atoms with Gasteiger partial charge in [0.15, 0.2) is 0 Å². The number of hydrogen-bond acceptors (Lipinski definition) is 1. The van der Waals surface area contributed by atoms with Gasteiger partial charge in [0.2, 0.25) is 0 Å². The summed E-state index contributed by atoms with van der Waals surface area (Å²) in [5, 5.41) is 1.32. The number of benzene rings is 2. The van der Waals surface area contributed by atoms with Gasteiger partial charge in [0.25, 0.3) is 0 Å². The van der Waals surface area contributed by atoms with Crippen LogP contribution in [0.15, 0.2) is 47.5 Å². The lowest BCUT2D eigenvalue weighted by Gasteiger charge is -2.19. The molecule has 0 fully saturated rings. The van der Waals surface area contributed by atoms with Crippen molar-refractivity contribution in [3.63, 3.8) is 0 Å². The Morgan fingerprint density at radius 2 is 1.52 bits per heavy atom. The van der Waals surface area contributed by atoms with E-state index in [9.17, 15) is 0 Å². The summed E-state index contributed by atoms with van der Waals surface area (Å²) in [6.45, 7) is 20.1. The van der Waals surface area contributed by atoms with Gasteiger partial charge in [0, 0.05) is 23.3 Å². The number of nitrogens with one attached hydrogen (secondary N) is 1. The third-order valence-corrected chi connectivity index (χ3v) is 6.21. The van der Waals surface area contributed by atoms with E-state index in [-0.39, 0.29) is 5.41 Å². The van der Waals surface area contributed by atoms with E-state index in [0.717, 1.165) is 6.42 Å². The van der Waals surface area contributed by atoms with Gasteiger partial charge in [0.1, 0.15) is 0 Å². The highest BCUT2D eigenvalue weighted by Gasteiger charge is 2.20.